The van der Waals surface area contributed by atoms with Crippen molar-refractivity contribution in [2.75, 3.05) is 33.5 Å². The molecule has 8 N–H and O–H groups in total. The lowest BCUT2D eigenvalue weighted by Gasteiger charge is -2.23. The van der Waals surface area contributed by atoms with E-state index in [2.05, 4.69) is 65.2 Å². The van der Waals surface area contributed by atoms with Crippen molar-refractivity contribution in [3.63, 3.8) is 0 Å². The second kappa shape index (κ2) is 21.3. The summed E-state index contributed by atoms with van der Waals surface area (Å²) in [6.07, 6.45) is 15.0. The number of ether oxygens (including phenoxy) is 2. The highest BCUT2D eigenvalue weighted by atomic mass is 16.6. The van der Waals surface area contributed by atoms with Gasteiger partial charge in [0.25, 0.3) is 11.8 Å². The molecular weight excluding hydrogens is 889 g/mol. The SMILES string of the molecule is C/C(=C\CCC1(C)OC1CN1C(=O)c2cccc(O)c2Nc2c(O)cc(O)cc21)CCCC(C)C.C/C(=C\CN1C(=O)c2cccc(O)c2Nc2c(O)cc(O)cc21)CCC1OC1(C)CCCC(C)C. The molecule has 376 valence electrons. The van der Waals surface area contributed by atoms with Gasteiger partial charge in [0.2, 0.25) is 0 Å². The average Bonchev–Trinajstić information content (AvgIpc) is 4.17. The fourth-order valence-electron chi connectivity index (χ4n) is 9.55. The van der Waals surface area contributed by atoms with Crippen molar-refractivity contribution in [1.29, 1.82) is 0 Å². The Morgan fingerprint density at radius 1 is 0.629 bits per heavy atom. The standard InChI is InChI=1S/2C28H36N2O5/c1-17(2)8-5-9-18(3)10-7-13-28(4)24(35-28)16-30-21-14-19(31)15-23(33)26(21)29-25-20(27(30)34)11-6-12-22(25)32;1-17(2)7-6-13-28(4)24(35-28)11-10-18(3)12-14-30-21-15-19(31)16-23(33)26(21)29-25-20(27(30)34)8-5-9-22(25)32/h6,10-12,14-15,17,24,29,31-33H,5,7-9,13,16H2,1-4H3;5,8-9,12,15-17,24,29,31-33H,6-7,10-11,13-14H2,1-4H3/b18-10+;18-12+. The summed E-state index contributed by atoms with van der Waals surface area (Å²) in [5, 5.41) is 67.9. The second-order valence-corrected chi connectivity index (χ2v) is 20.8. The summed E-state index contributed by atoms with van der Waals surface area (Å²) in [7, 11) is 0. The van der Waals surface area contributed by atoms with Gasteiger partial charge in [-0.15, -0.1) is 0 Å². The summed E-state index contributed by atoms with van der Waals surface area (Å²) in [5.41, 5.74) is 4.37. The average molecular weight is 961 g/mol. The molecule has 2 saturated heterocycles. The van der Waals surface area contributed by atoms with Crippen molar-refractivity contribution in [2.45, 2.75) is 143 Å². The number of hydrogen-bond acceptors (Lipinski definition) is 12. The van der Waals surface area contributed by atoms with Gasteiger partial charge in [0.15, 0.2) is 0 Å². The summed E-state index contributed by atoms with van der Waals surface area (Å²) in [4.78, 5) is 30.0. The Kier molecular flexibility index (Phi) is 15.7. The zero-order chi connectivity index (χ0) is 50.7. The minimum Gasteiger partial charge on any atom is -0.508 e. The number of allylic oxidation sites excluding steroid dienone is 3. The molecule has 0 bridgehead atoms. The number of amides is 2. The molecule has 8 rings (SSSR count). The molecule has 0 aromatic heterocycles. The Hall–Kier alpha value is -6.38. The molecule has 0 radical (unpaired) electrons. The van der Waals surface area contributed by atoms with E-state index in [9.17, 15) is 40.2 Å². The minimum atomic E-state index is -0.352. The molecule has 4 aromatic carbocycles. The van der Waals surface area contributed by atoms with Gasteiger partial charge in [-0.25, -0.2) is 0 Å². The summed E-state index contributed by atoms with van der Waals surface area (Å²) in [5.74, 6) is -0.170. The third-order valence-electron chi connectivity index (χ3n) is 14.1. The van der Waals surface area contributed by atoms with Crippen molar-refractivity contribution < 1.29 is 49.7 Å². The van der Waals surface area contributed by atoms with Crippen LogP contribution >= 0.6 is 0 Å². The van der Waals surface area contributed by atoms with E-state index in [0.717, 1.165) is 50.0 Å². The van der Waals surface area contributed by atoms with E-state index in [-0.39, 0.29) is 117 Å². The van der Waals surface area contributed by atoms with Gasteiger partial charge in [-0.2, -0.15) is 0 Å². The first kappa shape index (κ1) is 51.5. The largest absolute Gasteiger partial charge is 0.508 e. The number of carbonyl (C=O) groups is 2. The van der Waals surface area contributed by atoms with E-state index in [4.69, 9.17) is 9.47 Å². The highest BCUT2D eigenvalue weighted by molar-refractivity contribution is 6.16. The lowest BCUT2D eigenvalue weighted by Crippen LogP contribution is -2.35. The first-order valence-corrected chi connectivity index (χ1v) is 24.8. The molecule has 2 fully saturated rings. The van der Waals surface area contributed by atoms with Gasteiger partial charge >= 0.3 is 0 Å². The van der Waals surface area contributed by atoms with Crippen LogP contribution in [0.15, 0.2) is 84.0 Å². The van der Waals surface area contributed by atoms with Crippen molar-refractivity contribution in [3.05, 3.63) is 95.1 Å². The van der Waals surface area contributed by atoms with Crippen LogP contribution in [0.3, 0.4) is 0 Å². The molecule has 4 aromatic rings. The van der Waals surface area contributed by atoms with Crippen molar-refractivity contribution in [3.8, 4) is 34.5 Å². The predicted octanol–water partition coefficient (Wildman–Crippen LogP) is 12.4. The maximum Gasteiger partial charge on any atom is 0.260 e. The van der Waals surface area contributed by atoms with E-state index >= 15 is 0 Å². The van der Waals surface area contributed by atoms with Crippen LogP contribution in [-0.4, -0.2) is 79.0 Å². The number of anilines is 6. The van der Waals surface area contributed by atoms with E-state index in [1.807, 2.05) is 13.0 Å². The number of phenolic OH excluding ortho intramolecular Hbond substituents is 6. The van der Waals surface area contributed by atoms with Crippen LogP contribution in [0.25, 0.3) is 0 Å². The van der Waals surface area contributed by atoms with Gasteiger partial charge in [-0.3, -0.25) is 9.59 Å². The Morgan fingerprint density at radius 3 is 1.70 bits per heavy atom. The Labute approximate surface area is 412 Å². The summed E-state index contributed by atoms with van der Waals surface area (Å²) >= 11 is 0. The molecule has 2 amide bonds. The van der Waals surface area contributed by atoms with Crippen LogP contribution in [0, 0.1) is 11.8 Å². The number of hydrogen-bond donors (Lipinski definition) is 8. The number of aromatic hydroxyl groups is 6. The van der Waals surface area contributed by atoms with Crippen LogP contribution in [-0.2, 0) is 9.47 Å². The quantitative estimate of drug-likeness (QED) is 0.0203. The van der Waals surface area contributed by atoms with E-state index in [1.54, 1.807) is 24.3 Å². The monoisotopic (exact) mass is 961 g/mol. The van der Waals surface area contributed by atoms with Gasteiger partial charge in [0, 0.05) is 30.8 Å². The van der Waals surface area contributed by atoms with Crippen LogP contribution in [0.4, 0.5) is 34.1 Å². The van der Waals surface area contributed by atoms with Gasteiger partial charge in [0.05, 0.1) is 57.7 Å². The normalized spacial score (nSPS) is 21.4. The third-order valence-corrected chi connectivity index (χ3v) is 14.1. The molecule has 4 aliphatic rings. The second-order valence-electron chi connectivity index (χ2n) is 20.8. The molecule has 4 atom stereocenters. The summed E-state index contributed by atoms with van der Waals surface area (Å²) < 4.78 is 12.1. The summed E-state index contributed by atoms with van der Waals surface area (Å²) in [6, 6.07) is 14.7. The molecular formula is C56H72N4O10. The Balaban J connectivity index is 0.000000206. The van der Waals surface area contributed by atoms with Crippen LogP contribution in [0.1, 0.15) is 140 Å². The molecule has 4 unspecified atom stereocenters. The number of epoxide rings is 2. The molecule has 70 heavy (non-hydrogen) atoms. The minimum absolute atomic E-state index is 0.0126. The Morgan fingerprint density at radius 2 is 1.13 bits per heavy atom. The van der Waals surface area contributed by atoms with Gasteiger partial charge in [-0.05, 0) is 109 Å². The zero-order valence-electron chi connectivity index (χ0n) is 41.9. The molecule has 0 spiro atoms. The number of nitrogens with zero attached hydrogens (tertiary/aromatic N) is 2. The predicted molar refractivity (Wildman–Crippen MR) is 276 cm³/mol. The molecule has 0 aliphatic carbocycles. The van der Waals surface area contributed by atoms with Crippen LogP contribution < -0.4 is 20.4 Å². The molecule has 4 heterocycles. The van der Waals surface area contributed by atoms with Gasteiger partial charge < -0.3 is 60.5 Å². The number of carbonyl (C=O) groups excluding carboxylic acids is 2. The zero-order valence-corrected chi connectivity index (χ0v) is 41.9. The molecule has 0 saturated carbocycles. The molecule has 14 nitrogen and oxygen atoms in total. The first-order chi connectivity index (χ1) is 33.2. The first-order valence-electron chi connectivity index (χ1n) is 24.8. The molecule has 14 heteroatoms. The third kappa shape index (κ3) is 12.0. The molecule has 4 aliphatic heterocycles. The fraction of sp³-hybridized carbons (Fsp3) is 0.464. The van der Waals surface area contributed by atoms with E-state index < -0.39 is 0 Å². The summed E-state index contributed by atoms with van der Waals surface area (Å²) in [6.45, 7) is 18.0. The van der Waals surface area contributed by atoms with Crippen molar-refractivity contribution >= 4 is 45.9 Å². The maximum absolute atomic E-state index is 13.5. The number of nitrogens with one attached hydrogen (secondary N) is 2. The van der Waals surface area contributed by atoms with Gasteiger partial charge in [0.1, 0.15) is 52.0 Å². The number of phenols is 6. The van der Waals surface area contributed by atoms with Crippen molar-refractivity contribution in [1.82, 2.24) is 0 Å². The van der Waals surface area contributed by atoms with E-state index in [1.165, 1.54) is 77.5 Å². The highest BCUT2D eigenvalue weighted by Gasteiger charge is 2.53. The maximum atomic E-state index is 13.5. The van der Waals surface area contributed by atoms with Crippen LogP contribution in [0.2, 0.25) is 0 Å². The number of fused-ring (bicyclic) bond motifs is 4. The Bertz CT molecular complexity index is 2640. The van der Waals surface area contributed by atoms with Crippen molar-refractivity contribution in [2.24, 2.45) is 11.8 Å². The smallest absolute Gasteiger partial charge is 0.260 e. The topological polar surface area (TPSA) is 211 Å². The van der Waals surface area contributed by atoms with Crippen LogP contribution in [0.5, 0.6) is 34.5 Å². The number of para-hydroxylation sites is 2. The lowest BCUT2D eigenvalue weighted by molar-refractivity contribution is 0.0980. The van der Waals surface area contributed by atoms with E-state index in [0.29, 0.717) is 17.3 Å². The number of benzene rings is 4. The van der Waals surface area contributed by atoms with Gasteiger partial charge in [-0.1, -0.05) is 82.4 Å². The fourth-order valence-corrected chi connectivity index (χ4v) is 9.55. The highest BCUT2D eigenvalue weighted by Crippen LogP contribution is 2.50. The lowest BCUT2D eigenvalue weighted by atomic mass is 9.94. The number of rotatable bonds is 18.